The zero-order chi connectivity index (χ0) is 15.5. The molecule has 0 aromatic heterocycles. The van der Waals surface area contributed by atoms with Crippen LogP contribution in [0.25, 0.3) is 0 Å². The van der Waals surface area contributed by atoms with Gasteiger partial charge in [-0.3, -0.25) is 4.79 Å². The maximum absolute atomic E-state index is 13.0. The second-order valence-corrected chi connectivity index (χ2v) is 6.23. The van der Waals surface area contributed by atoms with Crippen LogP contribution in [0.3, 0.4) is 0 Å². The van der Waals surface area contributed by atoms with Gasteiger partial charge in [0.15, 0.2) is 0 Å². The molecule has 0 heterocycles. The molecule has 0 spiro atoms. The van der Waals surface area contributed by atoms with Gasteiger partial charge in [-0.2, -0.15) is 13.2 Å². The summed E-state index contributed by atoms with van der Waals surface area (Å²) in [4.78, 5) is 12.0. The number of halogens is 5. The summed E-state index contributed by atoms with van der Waals surface area (Å²) >= 11 is 6.23. The number of amides is 1. The van der Waals surface area contributed by atoms with Crippen LogP contribution in [0.1, 0.15) is 29.8 Å². The van der Waals surface area contributed by atoms with Crippen LogP contribution in [0.5, 0.6) is 0 Å². The highest BCUT2D eigenvalue weighted by atomic mass is 79.9. The monoisotopic (exact) mass is 415 g/mol. The summed E-state index contributed by atoms with van der Waals surface area (Å²) in [6, 6.07) is 3.27. The first-order valence-corrected chi connectivity index (χ1v) is 7.81. The molecule has 1 unspecified atom stereocenters. The lowest BCUT2D eigenvalue weighted by Gasteiger charge is -2.21. The highest BCUT2D eigenvalue weighted by molar-refractivity contribution is 9.10. The molecule has 20 heavy (non-hydrogen) atoms. The van der Waals surface area contributed by atoms with Gasteiger partial charge in [-0.1, -0.05) is 45.7 Å². The fourth-order valence-electron chi connectivity index (χ4n) is 1.58. The molecular weight excluding hydrogens is 403 g/mol. The van der Waals surface area contributed by atoms with Gasteiger partial charge in [0.1, 0.15) is 0 Å². The Balaban J connectivity index is 3.10. The van der Waals surface area contributed by atoms with Crippen molar-refractivity contribution in [3.63, 3.8) is 0 Å². The molecule has 0 saturated carbocycles. The Kier molecular flexibility index (Phi) is 6.06. The fourth-order valence-corrected chi connectivity index (χ4v) is 2.85. The molecule has 1 rings (SSSR count). The van der Waals surface area contributed by atoms with Gasteiger partial charge in [0.2, 0.25) is 0 Å². The van der Waals surface area contributed by atoms with E-state index in [0.717, 1.165) is 6.07 Å². The largest absolute Gasteiger partial charge is 0.417 e. The third kappa shape index (κ3) is 4.48. The van der Waals surface area contributed by atoms with Crippen LogP contribution in [0.15, 0.2) is 22.7 Å². The molecule has 7 heteroatoms. The van der Waals surface area contributed by atoms with Crippen molar-refractivity contribution in [3.8, 4) is 0 Å². The number of carbonyl (C=O) groups excluding carboxylic acids is 1. The maximum Gasteiger partial charge on any atom is 0.417 e. The van der Waals surface area contributed by atoms with Gasteiger partial charge in [-0.05, 0) is 24.1 Å². The molecule has 1 aromatic rings. The molecule has 1 atom stereocenters. The van der Waals surface area contributed by atoms with Crippen molar-refractivity contribution in [2.45, 2.75) is 26.1 Å². The number of alkyl halides is 4. The molecule has 112 valence electrons. The Bertz CT molecular complexity index is 489. The molecule has 0 aliphatic rings. The molecule has 0 aliphatic carbocycles. The van der Waals surface area contributed by atoms with E-state index in [1.165, 1.54) is 12.1 Å². The molecule has 2 nitrogen and oxygen atoms in total. The first kappa shape index (κ1) is 17.5. The summed E-state index contributed by atoms with van der Waals surface area (Å²) in [6.07, 6.45) is -4.57. The molecule has 0 radical (unpaired) electrons. The summed E-state index contributed by atoms with van der Waals surface area (Å²) < 4.78 is 39.1. The number of hydrogen-bond donors (Lipinski definition) is 1. The minimum Gasteiger partial charge on any atom is -0.348 e. The van der Waals surface area contributed by atoms with Gasteiger partial charge in [0.25, 0.3) is 5.91 Å². The van der Waals surface area contributed by atoms with E-state index in [4.69, 9.17) is 0 Å². The van der Waals surface area contributed by atoms with Crippen LogP contribution < -0.4 is 5.32 Å². The summed E-state index contributed by atoms with van der Waals surface area (Å²) in [5.74, 6) is -0.605. The Morgan fingerprint density at radius 2 is 1.95 bits per heavy atom. The second-order valence-electron chi connectivity index (χ2n) is 4.67. The topological polar surface area (TPSA) is 29.1 Å². The van der Waals surface area contributed by atoms with E-state index >= 15 is 0 Å². The average Bonchev–Trinajstić information content (AvgIpc) is 2.34. The lowest BCUT2D eigenvalue weighted by atomic mass is 10.0. The predicted octanol–water partition coefficient (Wildman–Crippen LogP) is 4.62. The van der Waals surface area contributed by atoms with Crippen LogP contribution in [-0.4, -0.2) is 17.3 Å². The van der Waals surface area contributed by atoms with E-state index in [0.29, 0.717) is 5.33 Å². The van der Waals surface area contributed by atoms with Crippen LogP contribution in [0.2, 0.25) is 0 Å². The normalized spacial score (nSPS) is 13.4. The highest BCUT2D eigenvalue weighted by Crippen LogP contribution is 2.34. The van der Waals surface area contributed by atoms with Crippen LogP contribution in [0.4, 0.5) is 13.2 Å². The first-order chi connectivity index (χ1) is 9.16. The summed E-state index contributed by atoms with van der Waals surface area (Å²) in [6.45, 7) is 3.77. The average molecular weight is 417 g/mol. The zero-order valence-corrected chi connectivity index (χ0v) is 14.1. The third-order valence-electron chi connectivity index (χ3n) is 2.82. The van der Waals surface area contributed by atoms with Crippen molar-refractivity contribution < 1.29 is 18.0 Å². The van der Waals surface area contributed by atoms with E-state index in [2.05, 4.69) is 37.2 Å². The summed E-state index contributed by atoms with van der Waals surface area (Å²) in [7, 11) is 0. The Morgan fingerprint density at radius 1 is 1.35 bits per heavy atom. The molecule has 0 aliphatic heterocycles. The van der Waals surface area contributed by atoms with Crippen LogP contribution >= 0.6 is 31.9 Å². The lowest BCUT2D eigenvalue weighted by Crippen LogP contribution is -2.40. The number of carbonyl (C=O) groups is 1. The van der Waals surface area contributed by atoms with Crippen LogP contribution in [0, 0.1) is 5.92 Å². The number of rotatable bonds is 4. The lowest BCUT2D eigenvalue weighted by molar-refractivity contribution is -0.138. The van der Waals surface area contributed by atoms with E-state index < -0.39 is 17.6 Å². The van der Waals surface area contributed by atoms with Crippen molar-refractivity contribution in [3.05, 3.63) is 33.8 Å². The third-order valence-corrected chi connectivity index (χ3v) is 4.01. The quantitative estimate of drug-likeness (QED) is 0.713. The van der Waals surface area contributed by atoms with Crippen LogP contribution in [-0.2, 0) is 6.18 Å². The Hall–Kier alpha value is -0.560. The predicted molar refractivity (Wildman–Crippen MR) is 79.0 cm³/mol. The highest BCUT2D eigenvalue weighted by Gasteiger charge is 2.35. The fraction of sp³-hybridized carbons (Fsp3) is 0.462. The van der Waals surface area contributed by atoms with Gasteiger partial charge in [0.05, 0.1) is 11.1 Å². The molecular formula is C13H14Br2F3NO. The first-order valence-electron chi connectivity index (χ1n) is 5.90. The summed E-state index contributed by atoms with van der Waals surface area (Å²) in [5.41, 5.74) is -1.31. The molecule has 1 N–H and O–H groups in total. The number of hydrogen-bond acceptors (Lipinski definition) is 1. The van der Waals surface area contributed by atoms with E-state index in [1.54, 1.807) is 0 Å². The number of benzene rings is 1. The van der Waals surface area contributed by atoms with Crippen molar-refractivity contribution >= 4 is 37.8 Å². The molecule has 1 aromatic carbocycles. The van der Waals surface area contributed by atoms with E-state index in [1.807, 2.05) is 13.8 Å². The van der Waals surface area contributed by atoms with E-state index in [-0.39, 0.29) is 22.0 Å². The van der Waals surface area contributed by atoms with Gasteiger partial charge in [-0.15, -0.1) is 0 Å². The number of nitrogens with one attached hydrogen (secondary N) is 1. The van der Waals surface area contributed by atoms with Gasteiger partial charge in [0, 0.05) is 15.8 Å². The van der Waals surface area contributed by atoms with Gasteiger partial charge < -0.3 is 5.32 Å². The Labute approximate surface area is 132 Å². The minimum absolute atomic E-state index is 0.114. The van der Waals surface area contributed by atoms with E-state index in [9.17, 15) is 18.0 Å². The summed E-state index contributed by atoms with van der Waals surface area (Å²) in [5, 5.41) is 3.09. The SMILES string of the molecule is CC(C)C(CBr)NC(=O)c1ccc(Br)cc1C(F)(F)F. The molecule has 0 bridgehead atoms. The van der Waals surface area contributed by atoms with Crippen molar-refractivity contribution in [1.29, 1.82) is 0 Å². The Morgan fingerprint density at radius 3 is 2.40 bits per heavy atom. The second kappa shape index (κ2) is 6.93. The van der Waals surface area contributed by atoms with Gasteiger partial charge >= 0.3 is 6.18 Å². The maximum atomic E-state index is 13.0. The minimum atomic E-state index is -4.57. The van der Waals surface area contributed by atoms with Crippen molar-refractivity contribution in [2.75, 3.05) is 5.33 Å². The van der Waals surface area contributed by atoms with Crippen molar-refractivity contribution in [2.24, 2.45) is 5.92 Å². The smallest absolute Gasteiger partial charge is 0.348 e. The molecule has 0 fully saturated rings. The van der Waals surface area contributed by atoms with Crippen molar-refractivity contribution in [1.82, 2.24) is 5.32 Å². The molecule has 1 amide bonds. The standard InChI is InChI=1S/C13H14Br2F3NO/c1-7(2)11(6-14)19-12(20)9-4-3-8(15)5-10(9)13(16,17)18/h3-5,7,11H,6H2,1-2H3,(H,19,20). The van der Waals surface area contributed by atoms with Gasteiger partial charge in [-0.25, -0.2) is 0 Å². The zero-order valence-electron chi connectivity index (χ0n) is 10.9. The molecule has 0 saturated heterocycles.